The van der Waals surface area contributed by atoms with E-state index in [1.807, 2.05) is 53.0 Å². The fourth-order valence-electron chi connectivity index (χ4n) is 3.94. The minimum Gasteiger partial charge on any atom is -0.378 e. The van der Waals surface area contributed by atoms with Crippen LogP contribution in [0.3, 0.4) is 0 Å². The van der Waals surface area contributed by atoms with Crippen molar-refractivity contribution in [3.63, 3.8) is 0 Å². The van der Waals surface area contributed by atoms with Gasteiger partial charge in [-0.1, -0.05) is 24.3 Å². The largest absolute Gasteiger partial charge is 0.378 e. The first-order chi connectivity index (χ1) is 16.2. The molecule has 2 aromatic heterocycles. The second-order valence-corrected chi connectivity index (χ2v) is 8.49. The molecule has 5 rings (SSSR count). The zero-order chi connectivity index (χ0) is 22.6. The van der Waals surface area contributed by atoms with Crippen molar-refractivity contribution in [2.75, 3.05) is 36.5 Å². The molecule has 2 aromatic carbocycles. The number of hydrogen-bond acceptors (Lipinski definition) is 7. The average molecular weight is 465 g/mol. The summed E-state index contributed by atoms with van der Waals surface area (Å²) in [7, 11) is -2.67. The first-order valence-electron chi connectivity index (χ1n) is 10.7. The number of fused-ring (bicyclic) bond motifs is 1. The number of nitrogens with one attached hydrogen (secondary N) is 2. The van der Waals surface area contributed by atoms with Crippen molar-refractivity contribution in [1.82, 2.24) is 19.3 Å². The third-order valence-electron chi connectivity index (χ3n) is 5.59. The van der Waals surface area contributed by atoms with E-state index in [1.165, 1.54) is 0 Å². The highest BCUT2D eigenvalue weighted by atomic mass is 32.2. The van der Waals surface area contributed by atoms with Gasteiger partial charge in [-0.25, -0.2) is 22.6 Å². The summed E-state index contributed by atoms with van der Waals surface area (Å²) in [4.78, 5) is 6.74. The van der Waals surface area contributed by atoms with Crippen molar-refractivity contribution in [2.24, 2.45) is 0 Å². The van der Waals surface area contributed by atoms with E-state index in [2.05, 4.69) is 37.2 Å². The molecule has 0 spiro atoms. The fourth-order valence-corrected chi connectivity index (χ4v) is 4.24. The van der Waals surface area contributed by atoms with Crippen LogP contribution in [0.15, 0.2) is 66.9 Å². The first kappa shape index (κ1) is 21.4. The Morgan fingerprint density at radius 1 is 0.970 bits per heavy atom. The molecule has 1 saturated heterocycles. The molecular formula is C23H24N6O3S. The van der Waals surface area contributed by atoms with Gasteiger partial charge < -0.3 is 15.0 Å². The molecule has 9 nitrogen and oxygen atoms in total. The van der Waals surface area contributed by atoms with Crippen LogP contribution >= 0.6 is 0 Å². The van der Waals surface area contributed by atoms with Gasteiger partial charge in [-0.3, -0.25) is 0 Å². The summed E-state index contributed by atoms with van der Waals surface area (Å²) in [5, 5.41) is 7.95. The highest BCUT2D eigenvalue weighted by molar-refractivity contribution is 7.70. The molecule has 0 aliphatic carbocycles. The highest BCUT2D eigenvalue weighted by Gasteiger charge is 2.13. The molecule has 170 valence electrons. The number of morpholine rings is 1. The van der Waals surface area contributed by atoms with Crippen LogP contribution in [0.25, 0.3) is 16.8 Å². The Kier molecular flexibility index (Phi) is 6.20. The number of thiol groups is 1. The number of ether oxygens (including phenoxy) is 1. The Labute approximate surface area is 193 Å². The Balaban J connectivity index is 1.40. The monoisotopic (exact) mass is 464 g/mol. The molecule has 4 aromatic rings. The number of hydrogen-bond donors (Lipinski definition) is 3. The van der Waals surface area contributed by atoms with Crippen molar-refractivity contribution in [3.8, 4) is 11.3 Å². The molecule has 3 heterocycles. The lowest BCUT2D eigenvalue weighted by molar-refractivity contribution is 0.122. The molecule has 2 N–H and O–H groups in total. The summed E-state index contributed by atoms with van der Waals surface area (Å²) in [5.74, 6) is 0.470. The van der Waals surface area contributed by atoms with Crippen LogP contribution in [0.1, 0.15) is 5.56 Å². The zero-order valence-electron chi connectivity index (χ0n) is 17.8. The molecule has 0 saturated carbocycles. The normalized spacial score (nSPS) is 14.2. The number of rotatable bonds is 7. The summed E-state index contributed by atoms with van der Waals surface area (Å²) in [6.45, 7) is 3.51. The molecule has 1 aliphatic heterocycles. The summed E-state index contributed by atoms with van der Waals surface area (Å²) < 4.78 is 31.7. The highest BCUT2D eigenvalue weighted by Crippen LogP contribution is 2.26. The number of benzene rings is 2. The standard InChI is InChI=1S/C23H24N6O3S/c30-33(31)25-15-17-3-1-2-4-21(17)22-10-9-20-16-24-23(27-29(20)22)26-18-5-7-19(8-6-18)28-11-13-32-14-12-28/h1-10,16,33H,11-15H2,(H,26,27)(H,25,30,31). The average Bonchev–Trinajstić information content (AvgIpc) is 3.27. The number of anilines is 3. The maximum absolute atomic E-state index is 11.0. The van der Waals surface area contributed by atoms with Crippen molar-refractivity contribution < 1.29 is 13.2 Å². The SMILES string of the molecule is O=[SH](=O)NCc1ccccc1-c1ccc2cnc(Nc3ccc(N4CCOCC4)cc3)nn12. The predicted octanol–water partition coefficient (Wildman–Crippen LogP) is 2.59. The lowest BCUT2D eigenvalue weighted by atomic mass is 10.1. The van der Waals surface area contributed by atoms with Crippen molar-refractivity contribution in [1.29, 1.82) is 0 Å². The molecule has 0 radical (unpaired) electrons. The van der Waals surface area contributed by atoms with E-state index in [9.17, 15) is 8.42 Å². The lowest BCUT2D eigenvalue weighted by Crippen LogP contribution is -2.36. The zero-order valence-corrected chi connectivity index (χ0v) is 18.7. The summed E-state index contributed by atoms with van der Waals surface area (Å²) in [6.07, 6.45) is 1.76. The summed E-state index contributed by atoms with van der Waals surface area (Å²) in [5.41, 5.74) is 5.53. The molecular weight excluding hydrogens is 440 g/mol. The van der Waals surface area contributed by atoms with Gasteiger partial charge in [0, 0.05) is 36.6 Å². The van der Waals surface area contributed by atoms with Crippen LogP contribution in [0, 0.1) is 0 Å². The molecule has 10 heteroatoms. The van der Waals surface area contributed by atoms with Gasteiger partial charge in [-0.15, -0.1) is 5.10 Å². The fraction of sp³-hybridized carbons (Fsp3) is 0.217. The molecule has 0 unspecified atom stereocenters. The predicted molar refractivity (Wildman–Crippen MR) is 128 cm³/mol. The van der Waals surface area contributed by atoms with Crippen molar-refractivity contribution in [2.45, 2.75) is 6.54 Å². The van der Waals surface area contributed by atoms with Crippen LogP contribution in [-0.2, 0) is 22.2 Å². The summed E-state index contributed by atoms with van der Waals surface area (Å²) >= 11 is 0. The Morgan fingerprint density at radius 2 is 1.76 bits per heavy atom. The Bertz CT molecular complexity index is 1320. The van der Waals surface area contributed by atoms with Gasteiger partial charge >= 0.3 is 0 Å². The molecule has 1 fully saturated rings. The van der Waals surface area contributed by atoms with Gasteiger partial charge in [0.25, 0.3) is 0 Å². The van der Waals surface area contributed by atoms with Crippen LogP contribution in [0.2, 0.25) is 0 Å². The molecule has 0 bridgehead atoms. The Hall–Kier alpha value is -3.47. The number of nitrogens with zero attached hydrogens (tertiary/aromatic N) is 4. The van der Waals surface area contributed by atoms with E-state index in [-0.39, 0.29) is 6.54 Å². The van der Waals surface area contributed by atoms with Gasteiger partial charge in [0.05, 0.1) is 30.6 Å². The van der Waals surface area contributed by atoms with Gasteiger partial charge in [-0.05, 0) is 42.0 Å². The maximum atomic E-state index is 11.0. The van der Waals surface area contributed by atoms with Gasteiger partial charge in [0.2, 0.25) is 16.8 Å². The second-order valence-electron chi connectivity index (χ2n) is 7.66. The molecule has 0 amide bonds. The molecule has 33 heavy (non-hydrogen) atoms. The first-order valence-corrected chi connectivity index (χ1v) is 11.9. The molecule has 0 atom stereocenters. The van der Waals surface area contributed by atoms with Crippen LogP contribution in [0.5, 0.6) is 0 Å². The quantitative estimate of drug-likeness (QED) is 0.362. The van der Waals surface area contributed by atoms with Crippen LogP contribution in [0.4, 0.5) is 17.3 Å². The van der Waals surface area contributed by atoms with Crippen LogP contribution in [-0.4, -0.2) is 49.3 Å². The minimum absolute atomic E-state index is 0.216. The smallest absolute Gasteiger partial charge is 0.245 e. The van der Waals surface area contributed by atoms with E-state index in [1.54, 1.807) is 6.20 Å². The van der Waals surface area contributed by atoms with Crippen molar-refractivity contribution >= 4 is 33.7 Å². The number of aromatic nitrogens is 3. The second kappa shape index (κ2) is 9.57. The van der Waals surface area contributed by atoms with E-state index in [0.717, 1.165) is 60.0 Å². The summed E-state index contributed by atoms with van der Waals surface area (Å²) in [6, 6.07) is 19.7. The lowest BCUT2D eigenvalue weighted by Gasteiger charge is -2.28. The van der Waals surface area contributed by atoms with Gasteiger partial charge in [0.1, 0.15) is 0 Å². The minimum atomic E-state index is -2.67. The van der Waals surface area contributed by atoms with E-state index in [4.69, 9.17) is 4.74 Å². The Morgan fingerprint density at radius 3 is 2.55 bits per heavy atom. The topological polar surface area (TPSA) is 101 Å². The third-order valence-corrected chi connectivity index (χ3v) is 6.01. The maximum Gasteiger partial charge on any atom is 0.245 e. The van der Waals surface area contributed by atoms with E-state index >= 15 is 0 Å². The van der Waals surface area contributed by atoms with Crippen LogP contribution < -0.4 is 14.9 Å². The van der Waals surface area contributed by atoms with E-state index < -0.39 is 10.9 Å². The van der Waals surface area contributed by atoms with Crippen molar-refractivity contribution in [3.05, 3.63) is 72.4 Å². The van der Waals surface area contributed by atoms with E-state index in [0.29, 0.717) is 5.95 Å². The van der Waals surface area contributed by atoms with Gasteiger partial charge in [-0.2, -0.15) is 0 Å². The third kappa shape index (κ3) is 4.82. The van der Waals surface area contributed by atoms with Gasteiger partial charge in [0.15, 0.2) is 0 Å². The molecule has 1 aliphatic rings.